The van der Waals surface area contributed by atoms with Crippen LogP contribution in [0.4, 0.5) is 0 Å². The minimum absolute atomic E-state index is 0. The SMILES string of the molecule is Cl.Cl.NCCC1CCCCN1Cc1ccc2ccccc2n1. The molecule has 0 saturated carbocycles. The number of hydrogen-bond donors (Lipinski definition) is 1. The predicted molar refractivity (Wildman–Crippen MR) is 98.0 cm³/mol. The second-order valence-electron chi connectivity index (χ2n) is 5.69. The summed E-state index contributed by atoms with van der Waals surface area (Å²) in [6.07, 6.45) is 5.03. The summed E-state index contributed by atoms with van der Waals surface area (Å²) in [5.74, 6) is 0. The molecule has 3 rings (SSSR count). The summed E-state index contributed by atoms with van der Waals surface area (Å²) in [5.41, 5.74) is 8.02. The Labute approximate surface area is 145 Å². The van der Waals surface area contributed by atoms with Crippen LogP contribution in [0.25, 0.3) is 10.9 Å². The first-order valence-electron chi connectivity index (χ1n) is 7.65. The van der Waals surface area contributed by atoms with E-state index in [1.165, 1.54) is 36.9 Å². The molecule has 1 atom stereocenters. The minimum atomic E-state index is 0. The van der Waals surface area contributed by atoms with Crippen molar-refractivity contribution in [1.82, 2.24) is 9.88 Å². The number of nitrogens with two attached hydrogens (primary N) is 1. The van der Waals surface area contributed by atoms with Crippen molar-refractivity contribution in [2.24, 2.45) is 5.73 Å². The van der Waals surface area contributed by atoms with Crippen LogP contribution in [0.2, 0.25) is 0 Å². The molecule has 22 heavy (non-hydrogen) atoms. The first-order valence-corrected chi connectivity index (χ1v) is 7.65. The van der Waals surface area contributed by atoms with Gasteiger partial charge in [0.15, 0.2) is 0 Å². The van der Waals surface area contributed by atoms with Crippen LogP contribution < -0.4 is 5.73 Å². The Morgan fingerprint density at radius 2 is 1.91 bits per heavy atom. The van der Waals surface area contributed by atoms with Crippen molar-refractivity contribution in [2.75, 3.05) is 13.1 Å². The van der Waals surface area contributed by atoms with E-state index in [0.717, 1.165) is 25.0 Å². The van der Waals surface area contributed by atoms with Crippen LogP contribution in [0.15, 0.2) is 36.4 Å². The normalized spacial score (nSPS) is 18.5. The average Bonchev–Trinajstić information content (AvgIpc) is 2.49. The Hall–Kier alpha value is -0.870. The van der Waals surface area contributed by atoms with Crippen LogP contribution in [-0.2, 0) is 6.54 Å². The van der Waals surface area contributed by atoms with Crippen LogP contribution in [0.3, 0.4) is 0 Å². The lowest BCUT2D eigenvalue weighted by Gasteiger charge is -2.35. The summed E-state index contributed by atoms with van der Waals surface area (Å²) in [4.78, 5) is 7.35. The Morgan fingerprint density at radius 3 is 2.73 bits per heavy atom. The molecule has 1 aliphatic rings. The number of aromatic nitrogens is 1. The average molecular weight is 342 g/mol. The maximum Gasteiger partial charge on any atom is 0.0705 e. The van der Waals surface area contributed by atoms with Crippen molar-refractivity contribution in [1.29, 1.82) is 0 Å². The second-order valence-corrected chi connectivity index (χ2v) is 5.69. The topological polar surface area (TPSA) is 42.1 Å². The van der Waals surface area contributed by atoms with Gasteiger partial charge in [0.05, 0.1) is 11.2 Å². The van der Waals surface area contributed by atoms with Crippen LogP contribution in [0, 0.1) is 0 Å². The third kappa shape index (κ3) is 4.56. The Bertz CT molecular complexity index is 575. The van der Waals surface area contributed by atoms with Gasteiger partial charge < -0.3 is 5.73 Å². The van der Waals surface area contributed by atoms with Gasteiger partial charge in [-0.1, -0.05) is 30.7 Å². The van der Waals surface area contributed by atoms with Crippen molar-refractivity contribution in [2.45, 2.75) is 38.3 Å². The number of rotatable bonds is 4. The molecule has 122 valence electrons. The summed E-state index contributed by atoms with van der Waals surface area (Å²) < 4.78 is 0. The molecule has 1 aromatic carbocycles. The largest absolute Gasteiger partial charge is 0.330 e. The maximum atomic E-state index is 5.75. The number of halogens is 2. The molecule has 2 N–H and O–H groups in total. The minimum Gasteiger partial charge on any atom is -0.330 e. The highest BCUT2D eigenvalue weighted by molar-refractivity contribution is 5.85. The Balaban J connectivity index is 0.00000121. The molecule has 3 nitrogen and oxygen atoms in total. The van der Waals surface area contributed by atoms with Gasteiger partial charge in [0, 0.05) is 18.0 Å². The molecule has 1 saturated heterocycles. The molecule has 1 fully saturated rings. The molecule has 2 heterocycles. The zero-order valence-corrected chi connectivity index (χ0v) is 14.4. The zero-order valence-electron chi connectivity index (χ0n) is 12.8. The van der Waals surface area contributed by atoms with E-state index in [9.17, 15) is 0 Å². The fraction of sp³-hybridized carbons (Fsp3) is 0.471. The van der Waals surface area contributed by atoms with E-state index in [4.69, 9.17) is 10.7 Å². The molecule has 1 aliphatic heterocycles. The van der Waals surface area contributed by atoms with E-state index in [1.54, 1.807) is 0 Å². The molecular formula is C17H25Cl2N3. The number of para-hydroxylation sites is 1. The van der Waals surface area contributed by atoms with Crippen LogP contribution >= 0.6 is 24.8 Å². The molecule has 0 spiro atoms. The summed E-state index contributed by atoms with van der Waals surface area (Å²) in [5, 5.41) is 1.22. The summed E-state index contributed by atoms with van der Waals surface area (Å²) in [6, 6.07) is 13.3. The van der Waals surface area contributed by atoms with E-state index >= 15 is 0 Å². The third-order valence-electron chi connectivity index (χ3n) is 4.27. The highest BCUT2D eigenvalue weighted by Crippen LogP contribution is 2.22. The van der Waals surface area contributed by atoms with Gasteiger partial charge in [0.25, 0.3) is 0 Å². The van der Waals surface area contributed by atoms with Gasteiger partial charge in [-0.3, -0.25) is 9.88 Å². The number of fused-ring (bicyclic) bond motifs is 1. The maximum absolute atomic E-state index is 5.75. The monoisotopic (exact) mass is 341 g/mol. The van der Waals surface area contributed by atoms with Gasteiger partial charge in [-0.15, -0.1) is 24.8 Å². The highest BCUT2D eigenvalue weighted by atomic mass is 35.5. The van der Waals surface area contributed by atoms with Crippen LogP contribution in [-0.4, -0.2) is 29.0 Å². The van der Waals surface area contributed by atoms with Crippen molar-refractivity contribution in [3.8, 4) is 0 Å². The molecule has 5 heteroatoms. The first-order chi connectivity index (χ1) is 9.86. The molecule has 1 aromatic heterocycles. The number of piperidine rings is 1. The molecule has 0 bridgehead atoms. The van der Waals surface area contributed by atoms with Crippen LogP contribution in [0.5, 0.6) is 0 Å². The molecule has 1 unspecified atom stereocenters. The highest BCUT2D eigenvalue weighted by Gasteiger charge is 2.21. The molecular weight excluding hydrogens is 317 g/mol. The number of nitrogens with zero attached hydrogens (tertiary/aromatic N) is 2. The van der Waals surface area contributed by atoms with Crippen molar-refractivity contribution in [3.05, 3.63) is 42.1 Å². The number of likely N-dealkylation sites (tertiary alicyclic amines) is 1. The molecule has 2 aromatic rings. The molecule has 0 aliphatic carbocycles. The quantitative estimate of drug-likeness (QED) is 0.919. The van der Waals surface area contributed by atoms with E-state index in [0.29, 0.717) is 6.04 Å². The predicted octanol–water partition coefficient (Wildman–Crippen LogP) is 3.78. The Morgan fingerprint density at radius 1 is 1.09 bits per heavy atom. The van der Waals surface area contributed by atoms with E-state index < -0.39 is 0 Å². The lowest BCUT2D eigenvalue weighted by atomic mass is 9.99. The van der Waals surface area contributed by atoms with Gasteiger partial charge in [0.2, 0.25) is 0 Å². The van der Waals surface area contributed by atoms with Gasteiger partial charge in [-0.05, 0) is 44.5 Å². The van der Waals surface area contributed by atoms with Crippen molar-refractivity contribution >= 4 is 35.7 Å². The molecule has 0 radical (unpaired) electrons. The Kier molecular flexibility index (Phi) is 8.12. The van der Waals surface area contributed by atoms with Gasteiger partial charge >= 0.3 is 0 Å². The van der Waals surface area contributed by atoms with Crippen molar-refractivity contribution in [3.63, 3.8) is 0 Å². The standard InChI is InChI=1S/C17H23N3.2ClH/c18-11-10-16-6-3-4-12-20(16)13-15-9-8-14-5-1-2-7-17(14)19-15;;/h1-2,5,7-9,16H,3-4,6,10-13,18H2;2*1H. The summed E-state index contributed by atoms with van der Waals surface area (Å²) in [7, 11) is 0. The van der Waals surface area contributed by atoms with E-state index in [2.05, 4.69) is 41.3 Å². The fourth-order valence-electron chi connectivity index (χ4n) is 3.19. The lowest BCUT2D eigenvalue weighted by Crippen LogP contribution is -2.40. The van der Waals surface area contributed by atoms with E-state index in [1.807, 2.05) is 0 Å². The first kappa shape index (κ1) is 19.2. The third-order valence-corrected chi connectivity index (χ3v) is 4.27. The smallest absolute Gasteiger partial charge is 0.0705 e. The van der Waals surface area contributed by atoms with E-state index in [-0.39, 0.29) is 24.8 Å². The summed E-state index contributed by atoms with van der Waals surface area (Å²) >= 11 is 0. The fourth-order valence-corrected chi connectivity index (χ4v) is 3.19. The van der Waals surface area contributed by atoms with Gasteiger partial charge in [0.1, 0.15) is 0 Å². The number of hydrogen-bond acceptors (Lipinski definition) is 3. The number of pyridine rings is 1. The van der Waals surface area contributed by atoms with Gasteiger partial charge in [-0.2, -0.15) is 0 Å². The summed E-state index contributed by atoms with van der Waals surface area (Å²) in [6.45, 7) is 2.92. The second kappa shape index (κ2) is 9.31. The number of benzene rings is 1. The molecule has 0 amide bonds. The van der Waals surface area contributed by atoms with Gasteiger partial charge in [-0.25, -0.2) is 0 Å². The lowest BCUT2D eigenvalue weighted by molar-refractivity contribution is 0.132. The van der Waals surface area contributed by atoms with Crippen molar-refractivity contribution < 1.29 is 0 Å². The zero-order chi connectivity index (χ0) is 13.8. The van der Waals surface area contributed by atoms with Crippen LogP contribution in [0.1, 0.15) is 31.4 Å².